The van der Waals surface area contributed by atoms with E-state index < -0.39 is 130 Å². The van der Waals surface area contributed by atoms with Crippen LogP contribution in [-0.2, 0) is 33.2 Å². The van der Waals surface area contributed by atoms with Crippen LogP contribution in [0.2, 0.25) is 0 Å². The summed E-state index contributed by atoms with van der Waals surface area (Å²) >= 11 is 0. The average molecular weight is 604 g/mol. The van der Waals surface area contributed by atoms with E-state index >= 15 is 0 Å². The molecule has 18 atom stereocenters. The molecule has 11 N–H and O–H groups in total. The third kappa shape index (κ3) is 6.70. The largest absolute Gasteiger partial charge is 0.394 e. The predicted octanol–water partition coefficient (Wildman–Crippen LogP) is -7.24. The second-order valence-electron chi connectivity index (χ2n) is 10.4. The fraction of sp³-hybridized carbons (Fsp3) is 0.957. The topological polar surface area (TPSA) is 287 Å². The van der Waals surface area contributed by atoms with E-state index in [9.17, 15) is 56.2 Å². The molecule has 239 valence electrons. The Morgan fingerprint density at radius 2 is 0.976 bits per heavy atom. The summed E-state index contributed by atoms with van der Waals surface area (Å²) in [7, 11) is 0. The molecule has 4 saturated heterocycles. The molecule has 0 aromatic rings. The van der Waals surface area contributed by atoms with Crippen LogP contribution in [0, 0.1) is 6.61 Å². The Morgan fingerprint density at radius 3 is 1.54 bits per heavy atom. The lowest BCUT2D eigenvalue weighted by Crippen LogP contribution is -2.65. The normalized spacial score (nSPS) is 53.0. The Morgan fingerprint density at radius 1 is 0.512 bits per heavy atom. The highest BCUT2D eigenvalue weighted by Gasteiger charge is 2.54. The summed E-state index contributed by atoms with van der Waals surface area (Å²) in [5, 5.41) is 111. The van der Waals surface area contributed by atoms with Gasteiger partial charge in [0, 0.05) is 0 Å². The lowest BCUT2D eigenvalue weighted by molar-refractivity contribution is -0.377. The van der Waals surface area contributed by atoms with Crippen molar-refractivity contribution in [2.75, 3.05) is 19.8 Å². The van der Waals surface area contributed by atoms with Crippen molar-refractivity contribution < 1.29 is 89.3 Å². The fourth-order valence-corrected chi connectivity index (χ4v) is 5.08. The smallest absolute Gasteiger partial charge is 0.187 e. The molecule has 4 heterocycles. The fourth-order valence-electron chi connectivity index (χ4n) is 5.08. The van der Waals surface area contributed by atoms with E-state index in [4.69, 9.17) is 33.2 Å². The summed E-state index contributed by atoms with van der Waals surface area (Å²) in [6.07, 6.45) is -27.6. The standard InChI is InChI=1S/C23H39O18/c1-6-19(40-21-16(32)13(29)9(4-26)38-21)20(41-22-17(33)15(31)12(28)8(3-25)37-22)18(34)23(36-6)39-10-5-35-7(2-24)11(27)14(10)30/h5-34H,2-4H2,1H3/t6-,7+,8+,9-,10+,11+,12+,13-,14+,15-,16+,17+,18+,19-,20-,21-,22-,23-/m0/s1. The predicted molar refractivity (Wildman–Crippen MR) is 125 cm³/mol. The van der Waals surface area contributed by atoms with Gasteiger partial charge in [-0.15, -0.1) is 0 Å². The second kappa shape index (κ2) is 13.9. The van der Waals surface area contributed by atoms with Crippen molar-refractivity contribution in [3.8, 4) is 0 Å². The van der Waals surface area contributed by atoms with E-state index in [0.717, 1.165) is 6.61 Å². The molecule has 18 nitrogen and oxygen atoms in total. The van der Waals surface area contributed by atoms with Gasteiger partial charge in [0.2, 0.25) is 0 Å². The van der Waals surface area contributed by atoms with Gasteiger partial charge in [-0.3, -0.25) is 0 Å². The Hall–Kier alpha value is -0.720. The van der Waals surface area contributed by atoms with Crippen molar-refractivity contribution in [2.24, 2.45) is 0 Å². The van der Waals surface area contributed by atoms with Gasteiger partial charge >= 0.3 is 0 Å². The van der Waals surface area contributed by atoms with Crippen molar-refractivity contribution in [1.82, 2.24) is 0 Å². The summed E-state index contributed by atoms with van der Waals surface area (Å²) in [6, 6.07) is 0. The van der Waals surface area contributed by atoms with Gasteiger partial charge in [-0.25, -0.2) is 0 Å². The Bertz CT molecular complexity index is 821. The first kappa shape index (κ1) is 33.2. The maximum atomic E-state index is 11.3. The highest BCUT2D eigenvalue weighted by Crippen LogP contribution is 2.35. The maximum absolute atomic E-state index is 11.3. The lowest BCUT2D eigenvalue weighted by atomic mass is 9.96. The van der Waals surface area contributed by atoms with Crippen molar-refractivity contribution >= 4 is 0 Å². The van der Waals surface area contributed by atoms with E-state index in [1.165, 1.54) is 6.92 Å². The molecule has 0 unspecified atom stereocenters. The molecule has 18 heteroatoms. The van der Waals surface area contributed by atoms with Crippen LogP contribution >= 0.6 is 0 Å². The SMILES string of the molecule is C[C@@H]1O[C@@H](O[C@@H]2[CH]O[C@H](CO)[C@@H](O)[C@@H]2O)[C@H](O)[C@H](O[C@@H]2O[C@H](CO)[C@@H](O)[C@H](O)[C@H]2O)[C@H]1O[C@@H]1O[C@@H](CO)[C@H](O)[C@H]1O. The molecule has 41 heavy (non-hydrogen) atoms. The first-order valence-corrected chi connectivity index (χ1v) is 13.1. The number of ether oxygens (including phenoxy) is 7. The molecule has 4 fully saturated rings. The highest BCUT2D eigenvalue weighted by molar-refractivity contribution is 4.98. The maximum Gasteiger partial charge on any atom is 0.187 e. The van der Waals surface area contributed by atoms with E-state index in [0.29, 0.717) is 0 Å². The highest BCUT2D eigenvalue weighted by atomic mass is 16.8. The molecule has 0 amide bonds. The number of aliphatic hydroxyl groups is 11. The Labute approximate surface area is 233 Å². The zero-order chi connectivity index (χ0) is 30.2. The molecule has 0 aromatic carbocycles. The molecule has 4 rings (SSSR count). The van der Waals surface area contributed by atoms with E-state index in [-0.39, 0.29) is 0 Å². The minimum absolute atomic E-state index is 0.601. The number of rotatable bonds is 9. The van der Waals surface area contributed by atoms with Crippen LogP contribution in [0.25, 0.3) is 0 Å². The summed E-state index contributed by atoms with van der Waals surface area (Å²) in [5.41, 5.74) is 0. The molecule has 0 bridgehead atoms. The van der Waals surface area contributed by atoms with Crippen LogP contribution in [0.1, 0.15) is 6.92 Å². The first-order chi connectivity index (χ1) is 19.4. The van der Waals surface area contributed by atoms with Crippen LogP contribution in [0.15, 0.2) is 0 Å². The van der Waals surface area contributed by atoms with Gasteiger partial charge in [0.1, 0.15) is 92.1 Å². The molecule has 0 saturated carbocycles. The van der Waals surface area contributed by atoms with Crippen LogP contribution in [0.4, 0.5) is 0 Å². The third-order valence-corrected chi connectivity index (χ3v) is 7.61. The van der Waals surface area contributed by atoms with E-state index in [1.807, 2.05) is 0 Å². The number of hydrogen-bond donors (Lipinski definition) is 11. The summed E-state index contributed by atoms with van der Waals surface area (Å²) in [5.74, 6) is 0. The molecule has 0 aliphatic carbocycles. The number of aliphatic hydroxyl groups excluding tert-OH is 11. The van der Waals surface area contributed by atoms with Crippen LogP contribution in [-0.4, -0.2) is 186 Å². The van der Waals surface area contributed by atoms with E-state index in [1.54, 1.807) is 0 Å². The van der Waals surface area contributed by atoms with Gasteiger partial charge in [-0.2, -0.15) is 0 Å². The van der Waals surface area contributed by atoms with Crippen LogP contribution < -0.4 is 0 Å². The monoisotopic (exact) mass is 603 g/mol. The summed E-state index contributed by atoms with van der Waals surface area (Å²) in [6.45, 7) is 0.415. The minimum Gasteiger partial charge on any atom is -0.394 e. The molecule has 1 radical (unpaired) electrons. The van der Waals surface area contributed by atoms with Crippen LogP contribution in [0.5, 0.6) is 0 Å². The van der Waals surface area contributed by atoms with Crippen molar-refractivity contribution in [3.63, 3.8) is 0 Å². The first-order valence-electron chi connectivity index (χ1n) is 13.1. The molecule has 4 aliphatic rings. The quantitative estimate of drug-likeness (QED) is 0.117. The zero-order valence-corrected chi connectivity index (χ0v) is 21.9. The van der Waals surface area contributed by atoms with Crippen molar-refractivity contribution in [1.29, 1.82) is 0 Å². The molecular formula is C23H39O18. The zero-order valence-electron chi connectivity index (χ0n) is 21.9. The Balaban J connectivity index is 1.55. The number of hydrogen-bond acceptors (Lipinski definition) is 18. The van der Waals surface area contributed by atoms with Gasteiger partial charge in [-0.05, 0) is 6.92 Å². The second-order valence-corrected chi connectivity index (χ2v) is 10.4. The van der Waals surface area contributed by atoms with Gasteiger partial charge in [-0.1, -0.05) is 0 Å². The third-order valence-electron chi connectivity index (χ3n) is 7.61. The van der Waals surface area contributed by atoms with Crippen molar-refractivity contribution in [2.45, 2.75) is 117 Å². The molecular weight excluding hydrogens is 564 g/mol. The Kier molecular flexibility index (Phi) is 11.3. The lowest BCUT2D eigenvalue weighted by Gasteiger charge is -2.48. The van der Waals surface area contributed by atoms with Gasteiger partial charge in [0.15, 0.2) is 18.9 Å². The summed E-state index contributed by atoms with van der Waals surface area (Å²) in [4.78, 5) is 0. The molecule has 0 aromatic heterocycles. The van der Waals surface area contributed by atoms with E-state index in [2.05, 4.69) is 0 Å². The van der Waals surface area contributed by atoms with Crippen LogP contribution in [0.3, 0.4) is 0 Å². The molecule has 0 spiro atoms. The molecule has 4 aliphatic heterocycles. The van der Waals surface area contributed by atoms with Gasteiger partial charge in [0.05, 0.1) is 25.9 Å². The van der Waals surface area contributed by atoms with Crippen molar-refractivity contribution in [3.05, 3.63) is 6.61 Å². The summed E-state index contributed by atoms with van der Waals surface area (Å²) < 4.78 is 38.9. The van der Waals surface area contributed by atoms with Gasteiger partial charge in [0.25, 0.3) is 0 Å². The average Bonchev–Trinajstić information content (AvgIpc) is 3.23. The van der Waals surface area contributed by atoms with Gasteiger partial charge < -0.3 is 89.3 Å². The minimum atomic E-state index is -1.88.